The van der Waals surface area contributed by atoms with Crippen molar-refractivity contribution >= 4 is 0 Å². The minimum absolute atomic E-state index is 0.529. The van der Waals surface area contributed by atoms with Gasteiger partial charge < -0.3 is 5.32 Å². The molecule has 0 bridgehead atoms. The summed E-state index contributed by atoms with van der Waals surface area (Å²) in [6.07, 6.45) is 5.65. The van der Waals surface area contributed by atoms with Crippen LogP contribution in [0.4, 0.5) is 0 Å². The van der Waals surface area contributed by atoms with Crippen molar-refractivity contribution in [1.82, 2.24) is 25.5 Å². The van der Waals surface area contributed by atoms with Crippen molar-refractivity contribution in [1.29, 1.82) is 0 Å². The molecule has 0 radical (unpaired) electrons. The molecule has 1 aliphatic rings. The highest BCUT2D eigenvalue weighted by molar-refractivity contribution is 5.65. The Morgan fingerprint density at radius 1 is 1.28 bits per heavy atom. The average molecular weight is 243 g/mol. The van der Waals surface area contributed by atoms with Crippen LogP contribution in [0.15, 0.2) is 18.6 Å². The molecule has 1 fully saturated rings. The number of H-pyrrole nitrogens is 1. The van der Waals surface area contributed by atoms with Crippen molar-refractivity contribution in [3.8, 4) is 11.3 Å². The van der Waals surface area contributed by atoms with E-state index in [1.165, 1.54) is 0 Å². The zero-order valence-corrected chi connectivity index (χ0v) is 10.5. The maximum absolute atomic E-state index is 4.50. The van der Waals surface area contributed by atoms with Crippen LogP contribution in [0.2, 0.25) is 0 Å². The van der Waals surface area contributed by atoms with E-state index in [0.29, 0.717) is 5.92 Å². The molecule has 1 saturated heterocycles. The number of piperidine rings is 1. The molecule has 18 heavy (non-hydrogen) atoms. The normalized spacial score (nSPS) is 16.9. The number of hydrogen-bond acceptors (Lipinski definition) is 4. The van der Waals surface area contributed by atoms with Crippen LogP contribution in [0.5, 0.6) is 0 Å². The van der Waals surface area contributed by atoms with Gasteiger partial charge in [-0.1, -0.05) is 0 Å². The number of rotatable bonds is 2. The summed E-state index contributed by atoms with van der Waals surface area (Å²) < 4.78 is 0. The maximum atomic E-state index is 4.50. The Kier molecular flexibility index (Phi) is 3.06. The van der Waals surface area contributed by atoms with Crippen molar-refractivity contribution in [2.24, 2.45) is 0 Å². The number of hydrogen-bond donors (Lipinski definition) is 2. The lowest BCUT2D eigenvalue weighted by Crippen LogP contribution is -2.27. The lowest BCUT2D eigenvalue weighted by atomic mass is 9.90. The summed E-state index contributed by atoms with van der Waals surface area (Å²) in [5, 5.41) is 11.0. The van der Waals surface area contributed by atoms with Gasteiger partial charge in [0, 0.05) is 23.4 Å². The molecule has 0 aromatic carbocycles. The molecule has 0 spiro atoms. The third-order valence-corrected chi connectivity index (χ3v) is 3.54. The Labute approximate surface area is 106 Å². The lowest BCUT2D eigenvalue weighted by molar-refractivity contribution is 0.453. The molecular weight excluding hydrogens is 226 g/mol. The van der Waals surface area contributed by atoms with E-state index in [-0.39, 0.29) is 0 Å². The standard InChI is InChI=1S/C13H17N5/c1-9-12(11-4-7-15-8-16-11)13(18-17-9)10-2-5-14-6-3-10/h4,7-8,10,14H,2-3,5-6H2,1H3,(H,17,18). The van der Waals surface area contributed by atoms with Gasteiger partial charge in [0.1, 0.15) is 6.33 Å². The van der Waals surface area contributed by atoms with E-state index >= 15 is 0 Å². The van der Waals surface area contributed by atoms with Crippen molar-refractivity contribution in [2.75, 3.05) is 13.1 Å². The van der Waals surface area contributed by atoms with Crippen LogP contribution < -0.4 is 5.32 Å². The van der Waals surface area contributed by atoms with Gasteiger partial charge in [0.25, 0.3) is 0 Å². The molecule has 0 saturated carbocycles. The highest BCUT2D eigenvalue weighted by Gasteiger charge is 2.23. The molecule has 5 heteroatoms. The highest BCUT2D eigenvalue weighted by Crippen LogP contribution is 2.33. The van der Waals surface area contributed by atoms with Gasteiger partial charge in [-0.25, -0.2) is 9.97 Å². The van der Waals surface area contributed by atoms with Crippen LogP contribution in [0, 0.1) is 6.92 Å². The van der Waals surface area contributed by atoms with Gasteiger partial charge in [-0.15, -0.1) is 0 Å². The second-order valence-electron chi connectivity index (χ2n) is 4.73. The molecule has 5 nitrogen and oxygen atoms in total. The van der Waals surface area contributed by atoms with Crippen molar-refractivity contribution in [3.05, 3.63) is 30.0 Å². The Balaban J connectivity index is 2.01. The van der Waals surface area contributed by atoms with Gasteiger partial charge in [0.2, 0.25) is 0 Å². The molecule has 2 N–H and O–H groups in total. The fourth-order valence-electron chi connectivity index (χ4n) is 2.60. The first-order chi connectivity index (χ1) is 8.86. The molecular formula is C13H17N5. The number of aromatic nitrogens is 4. The van der Waals surface area contributed by atoms with Gasteiger partial charge in [-0.3, -0.25) is 5.10 Å². The fraction of sp³-hybridized carbons (Fsp3) is 0.462. The van der Waals surface area contributed by atoms with Gasteiger partial charge in [-0.2, -0.15) is 5.10 Å². The van der Waals surface area contributed by atoms with Gasteiger partial charge in [0.05, 0.1) is 11.4 Å². The summed E-state index contributed by atoms with van der Waals surface area (Å²) >= 11 is 0. The first kappa shape index (κ1) is 11.3. The van der Waals surface area contributed by atoms with Gasteiger partial charge in [-0.05, 0) is 38.9 Å². The smallest absolute Gasteiger partial charge is 0.116 e. The number of nitrogens with one attached hydrogen (secondary N) is 2. The predicted octanol–water partition coefficient (Wildman–Crippen LogP) is 1.64. The van der Waals surface area contributed by atoms with Crippen molar-refractivity contribution in [3.63, 3.8) is 0 Å². The van der Waals surface area contributed by atoms with Crippen molar-refractivity contribution in [2.45, 2.75) is 25.7 Å². The van der Waals surface area contributed by atoms with E-state index in [0.717, 1.165) is 48.6 Å². The Morgan fingerprint density at radius 3 is 2.83 bits per heavy atom. The molecule has 0 aliphatic carbocycles. The van der Waals surface area contributed by atoms with E-state index in [4.69, 9.17) is 0 Å². The van der Waals surface area contributed by atoms with Crippen LogP contribution in [0.3, 0.4) is 0 Å². The Hall–Kier alpha value is -1.75. The molecule has 1 aliphatic heterocycles. The minimum Gasteiger partial charge on any atom is -0.317 e. The van der Waals surface area contributed by atoms with Crippen LogP contribution >= 0.6 is 0 Å². The first-order valence-corrected chi connectivity index (χ1v) is 6.38. The van der Waals surface area contributed by atoms with Crippen molar-refractivity contribution < 1.29 is 0 Å². The molecule has 3 heterocycles. The van der Waals surface area contributed by atoms with E-state index in [9.17, 15) is 0 Å². The van der Waals surface area contributed by atoms with Crippen LogP contribution in [0.1, 0.15) is 30.1 Å². The maximum Gasteiger partial charge on any atom is 0.116 e. The average Bonchev–Trinajstić information content (AvgIpc) is 2.83. The third-order valence-electron chi connectivity index (χ3n) is 3.54. The summed E-state index contributed by atoms with van der Waals surface area (Å²) in [4.78, 5) is 8.33. The Bertz CT molecular complexity index is 513. The number of aromatic amines is 1. The summed E-state index contributed by atoms with van der Waals surface area (Å²) in [5.74, 6) is 0.529. The van der Waals surface area contributed by atoms with E-state index in [2.05, 4.69) is 32.4 Å². The molecule has 94 valence electrons. The second kappa shape index (κ2) is 4.86. The first-order valence-electron chi connectivity index (χ1n) is 6.38. The molecule has 0 atom stereocenters. The van der Waals surface area contributed by atoms with Crippen LogP contribution in [0.25, 0.3) is 11.3 Å². The fourth-order valence-corrected chi connectivity index (χ4v) is 2.60. The molecule has 2 aromatic rings. The summed E-state index contributed by atoms with van der Waals surface area (Å²) in [7, 11) is 0. The van der Waals surface area contributed by atoms with E-state index < -0.39 is 0 Å². The lowest BCUT2D eigenvalue weighted by Gasteiger charge is -2.21. The third kappa shape index (κ3) is 2.01. The predicted molar refractivity (Wildman–Crippen MR) is 69.2 cm³/mol. The zero-order valence-electron chi connectivity index (χ0n) is 10.5. The van der Waals surface area contributed by atoms with Gasteiger partial charge >= 0.3 is 0 Å². The van der Waals surface area contributed by atoms with E-state index in [1.807, 2.05) is 6.07 Å². The summed E-state index contributed by atoms with van der Waals surface area (Å²) in [6, 6.07) is 1.95. The largest absolute Gasteiger partial charge is 0.317 e. The second-order valence-corrected chi connectivity index (χ2v) is 4.73. The van der Waals surface area contributed by atoms with Crippen LogP contribution in [-0.2, 0) is 0 Å². The van der Waals surface area contributed by atoms with E-state index in [1.54, 1.807) is 12.5 Å². The monoisotopic (exact) mass is 243 g/mol. The summed E-state index contributed by atoms with van der Waals surface area (Å²) in [5.41, 5.74) is 4.36. The minimum atomic E-state index is 0.529. The summed E-state index contributed by atoms with van der Waals surface area (Å²) in [6.45, 7) is 4.19. The highest BCUT2D eigenvalue weighted by atomic mass is 15.1. The Morgan fingerprint density at radius 2 is 2.11 bits per heavy atom. The number of aryl methyl sites for hydroxylation is 1. The molecule has 0 amide bonds. The zero-order chi connectivity index (χ0) is 12.4. The molecule has 2 aromatic heterocycles. The van der Waals surface area contributed by atoms with Crippen LogP contribution in [-0.4, -0.2) is 33.3 Å². The SMILES string of the molecule is Cc1[nH]nc(C2CCNCC2)c1-c1ccncn1. The molecule has 0 unspecified atom stereocenters. The van der Waals surface area contributed by atoms with Gasteiger partial charge in [0.15, 0.2) is 0 Å². The quantitative estimate of drug-likeness (QED) is 0.841. The number of nitrogens with zero attached hydrogens (tertiary/aromatic N) is 3. The molecule has 3 rings (SSSR count). The topological polar surface area (TPSA) is 66.5 Å².